The molecule has 0 fully saturated rings. The smallest absolute Gasteiger partial charge is 0.140 e. The molecule has 6 aromatic heterocycles. The normalized spacial score (nSPS) is 10.5. The Kier molecular flexibility index (Phi) is 9.42. The first kappa shape index (κ1) is 30.0. The van der Waals surface area contributed by atoms with Crippen LogP contribution in [0.15, 0.2) is 74.2 Å². The van der Waals surface area contributed by atoms with Gasteiger partial charge in [-0.1, -0.05) is 6.07 Å². The van der Waals surface area contributed by atoms with Crippen LogP contribution in [0.4, 0.5) is 0 Å². The number of nitrogens with zero attached hydrogens (tertiary/aromatic N) is 9. The maximum atomic E-state index is 4.41. The molecule has 0 bridgehead atoms. The second-order valence-corrected chi connectivity index (χ2v) is 10.6. The van der Waals surface area contributed by atoms with Crippen molar-refractivity contribution in [2.24, 2.45) is 0 Å². The zero-order valence-corrected chi connectivity index (χ0v) is 26.0. The van der Waals surface area contributed by atoms with Crippen LogP contribution in [0.5, 0.6) is 0 Å². The molecule has 0 aliphatic rings. The van der Waals surface area contributed by atoms with Gasteiger partial charge in [0.2, 0.25) is 0 Å². The highest BCUT2D eigenvalue weighted by molar-refractivity contribution is 5.39. The van der Waals surface area contributed by atoms with Gasteiger partial charge in [-0.05, 0) is 97.2 Å². The number of imidazole rings is 3. The van der Waals surface area contributed by atoms with Crippen LogP contribution in [0, 0.1) is 62.3 Å². The molecule has 0 radical (unpaired) electrons. The molecule has 0 aliphatic heterocycles. The Morgan fingerprint density at radius 3 is 1.55 bits per heavy atom. The van der Waals surface area contributed by atoms with E-state index in [0.717, 1.165) is 51.4 Å². The lowest BCUT2D eigenvalue weighted by Gasteiger charge is -2.05. The maximum absolute atomic E-state index is 4.41. The summed E-state index contributed by atoms with van der Waals surface area (Å²) in [4.78, 5) is 25.6. The Balaban J connectivity index is 0.000000145. The van der Waals surface area contributed by atoms with Crippen molar-refractivity contribution < 1.29 is 0 Å². The molecule has 0 N–H and O–H groups in total. The van der Waals surface area contributed by atoms with Crippen molar-refractivity contribution in [3.8, 4) is 17.2 Å². The van der Waals surface area contributed by atoms with Crippen molar-refractivity contribution in [3.05, 3.63) is 125 Å². The van der Waals surface area contributed by atoms with E-state index in [0.29, 0.717) is 0 Å². The molecular weight excluding hydrogens is 522 g/mol. The molecule has 216 valence electrons. The van der Waals surface area contributed by atoms with Crippen molar-refractivity contribution in [1.82, 2.24) is 43.6 Å². The minimum atomic E-state index is 0.955. The van der Waals surface area contributed by atoms with E-state index in [1.165, 1.54) is 16.7 Å². The number of pyridine rings is 3. The molecule has 0 atom stereocenters. The third kappa shape index (κ3) is 7.63. The summed E-state index contributed by atoms with van der Waals surface area (Å²) in [6.45, 7) is 18.1. The highest BCUT2D eigenvalue weighted by Crippen LogP contribution is 2.15. The van der Waals surface area contributed by atoms with Crippen molar-refractivity contribution in [1.29, 1.82) is 0 Å². The molecule has 9 heteroatoms. The van der Waals surface area contributed by atoms with Crippen LogP contribution >= 0.6 is 0 Å². The SMILES string of the molecule is Cc1cc(C)c(-n2cnc(C)c2)cn1.Cc1cn(-c2ccc(C)nc2C)cn1.Cc1cnc(-n2cnc(C)c2)c(C)c1. The van der Waals surface area contributed by atoms with Gasteiger partial charge in [0.15, 0.2) is 0 Å². The second kappa shape index (κ2) is 13.2. The van der Waals surface area contributed by atoms with Crippen LogP contribution in [0.3, 0.4) is 0 Å². The predicted molar refractivity (Wildman–Crippen MR) is 167 cm³/mol. The van der Waals surface area contributed by atoms with Crippen LogP contribution < -0.4 is 0 Å². The topological polar surface area (TPSA) is 92.1 Å². The number of aromatic nitrogens is 9. The van der Waals surface area contributed by atoms with Gasteiger partial charge in [0.05, 0.1) is 53.0 Å². The second-order valence-electron chi connectivity index (χ2n) is 10.6. The Labute approximate surface area is 248 Å². The van der Waals surface area contributed by atoms with Crippen LogP contribution in [0.1, 0.15) is 50.9 Å². The van der Waals surface area contributed by atoms with Crippen molar-refractivity contribution >= 4 is 0 Å². The Bertz CT molecular complexity index is 1580. The van der Waals surface area contributed by atoms with Gasteiger partial charge in [0.25, 0.3) is 0 Å². The first-order valence-electron chi connectivity index (χ1n) is 13.8. The molecular formula is C33H39N9. The lowest BCUT2D eigenvalue weighted by Crippen LogP contribution is -1.97. The number of hydrogen-bond donors (Lipinski definition) is 0. The van der Waals surface area contributed by atoms with E-state index in [1.54, 1.807) is 6.33 Å². The maximum Gasteiger partial charge on any atom is 0.140 e. The summed E-state index contributed by atoms with van der Waals surface area (Å²) in [6, 6.07) is 8.28. The molecule has 9 nitrogen and oxygen atoms in total. The van der Waals surface area contributed by atoms with Gasteiger partial charge >= 0.3 is 0 Å². The molecule has 0 saturated heterocycles. The molecule has 6 rings (SSSR count). The molecule has 0 aromatic carbocycles. The van der Waals surface area contributed by atoms with Gasteiger partial charge < -0.3 is 9.13 Å². The highest BCUT2D eigenvalue weighted by atomic mass is 15.1. The standard InChI is InChI=1S/3C11H13N3/c1-8-4-9(2)12-5-11(8)14-6-10(3)13-7-14;1-8-4-9(2)11(12-5-8)14-6-10(3)13-7-14;1-8-4-5-11(10(3)13-8)14-6-9(2)12-7-14/h3*4-7H,1-3H3. The van der Waals surface area contributed by atoms with E-state index in [2.05, 4.69) is 62.0 Å². The summed E-state index contributed by atoms with van der Waals surface area (Å²) in [6.07, 6.45) is 15.1. The van der Waals surface area contributed by atoms with E-state index in [1.807, 2.05) is 112 Å². The highest BCUT2D eigenvalue weighted by Gasteiger charge is 2.04. The summed E-state index contributed by atoms with van der Waals surface area (Å²) in [5, 5.41) is 0. The molecule has 0 saturated carbocycles. The molecule has 6 aromatic rings. The third-order valence-corrected chi connectivity index (χ3v) is 6.54. The zero-order valence-electron chi connectivity index (χ0n) is 26.0. The predicted octanol–water partition coefficient (Wildman–Crippen LogP) is 6.58. The minimum Gasteiger partial charge on any atom is -0.304 e. The number of aryl methyl sites for hydroxylation is 9. The van der Waals surface area contributed by atoms with E-state index in [4.69, 9.17) is 0 Å². The molecule has 0 spiro atoms. The van der Waals surface area contributed by atoms with Gasteiger partial charge in [-0.2, -0.15) is 0 Å². The fourth-order valence-corrected chi connectivity index (χ4v) is 4.53. The van der Waals surface area contributed by atoms with Gasteiger partial charge in [0, 0.05) is 36.2 Å². The van der Waals surface area contributed by atoms with Crippen LogP contribution in [0.2, 0.25) is 0 Å². The monoisotopic (exact) mass is 561 g/mol. The van der Waals surface area contributed by atoms with E-state index in [9.17, 15) is 0 Å². The quantitative estimate of drug-likeness (QED) is 0.242. The number of rotatable bonds is 3. The lowest BCUT2D eigenvalue weighted by atomic mass is 10.2. The molecule has 0 amide bonds. The summed E-state index contributed by atoms with van der Waals surface area (Å²) < 4.78 is 5.94. The Hall–Kier alpha value is -4.92. The van der Waals surface area contributed by atoms with Crippen LogP contribution in [-0.2, 0) is 0 Å². The molecule has 0 unspecified atom stereocenters. The van der Waals surface area contributed by atoms with Crippen LogP contribution in [-0.4, -0.2) is 43.6 Å². The van der Waals surface area contributed by atoms with E-state index in [-0.39, 0.29) is 0 Å². The Morgan fingerprint density at radius 1 is 0.476 bits per heavy atom. The Morgan fingerprint density at radius 2 is 1.05 bits per heavy atom. The van der Waals surface area contributed by atoms with Gasteiger partial charge in [0.1, 0.15) is 12.1 Å². The third-order valence-electron chi connectivity index (χ3n) is 6.54. The van der Waals surface area contributed by atoms with Crippen molar-refractivity contribution in [3.63, 3.8) is 0 Å². The largest absolute Gasteiger partial charge is 0.304 e. The van der Waals surface area contributed by atoms with E-state index >= 15 is 0 Å². The average Bonchev–Trinajstić information content (AvgIpc) is 3.66. The minimum absolute atomic E-state index is 0.955. The fraction of sp³-hybridized carbons (Fsp3) is 0.273. The number of hydrogen-bond acceptors (Lipinski definition) is 6. The van der Waals surface area contributed by atoms with Gasteiger partial charge in [-0.25, -0.2) is 19.9 Å². The lowest BCUT2D eigenvalue weighted by molar-refractivity contribution is 0.969. The fourth-order valence-electron chi connectivity index (χ4n) is 4.53. The summed E-state index contributed by atoms with van der Waals surface area (Å²) >= 11 is 0. The first-order valence-corrected chi connectivity index (χ1v) is 13.8. The zero-order chi connectivity index (χ0) is 30.4. The molecule has 0 aliphatic carbocycles. The first-order chi connectivity index (χ1) is 20.0. The average molecular weight is 562 g/mol. The van der Waals surface area contributed by atoms with Crippen molar-refractivity contribution in [2.75, 3.05) is 0 Å². The van der Waals surface area contributed by atoms with Gasteiger partial charge in [-0.3, -0.25) is 14.5 Å². The van der Waals surface area contributed by atoms with Gasteiger partial charge in [-0.15, -0.1) is 0 Å². The summed E-state index contributed by atoms with van der Waals surface area (Å²) in [7, 11) is 0. The summed E-state index contributed by atoms with van der Waals surface area (Å²) in [5.74, 6) is 0.955. The summed E-state index contributed by atoms with van der Waals surface area (Å²) in [5.41, 5.74) is 11.9. The molecule has 6 heterocycles. The van der Waals surface area contributed by atoms with Crippen LogP contribution in [0.25, 0.3) is 17.2 Å². The molecule has 42 heavy (non-hydrogen) atoms. The van der Waals surface area contributed by atoms with Crippen molar-refractivity contribution in [2.45, 2.75) is 62.3 Å². The van der Waals surface area contributed by atoms with E-state index < -0.39 is 0 Å².